The number of ketones is 1. The van der Waals surface area contributed by atoms with Gasteiger partial charge in [0.25, 0.3) is 0 Å². The SMILES string of the molecule is O=C(O)c1ccc(CN2CCCC(C(=O)CNc3ccc(Oc4ccccc4)cc3)CN2)cc1. The molecule has 7 heteroatoms. The van der Waals surface area contributed by atoms with Crippen LogP contribution in [0.2, 0.25) is 0 Å². The third-order valence-corrected chi connectivity index (χ3v) is 5.87. The summed E-state index contributed by atoms with van der Waals surface area (Å²) in [6.07, 6.45) is 1.76. The molecule has 1 heterocycles. The molecule has 0 amide bonds. The molecule has 0 aromatic heterocycles. The minimum absolute atomic E-state index is 0.0485. The largest absolute Gasteiger partial charge is 0.478 e. The number of nitrogens with one attached hydrogen (secondary N) is 2. The summed E-state index contributed by atoms with van der Waals surface area (Å²) in [6.45, 7) is 2.37. The maximum Gasteiger partial charge on any atom is 0.335 e. The van der Waals surface area contributed by atoms with Gasteiger partial charge in [-0.1, -0.05) is 30.3 Å². The van der Waals surface area contributed by atoms with E-state index in [1.165, 1.54) is 0 Å². The molecule has 0 bridgehead atoms. The number of carbonyl (C=O) groups is 2. The molecule has 176 valence electrons. The Bertz CT molecular complexity index is 1090. The van der Waals surface area contributed by atoms with Crippen molar-refractivity contribution in [3.63, 3.8) is 0 Å². The monoisotopic (exact) mass is 459 g/mol. The minimum atomic E-state index is -0.925. The molecular formula is C27H29N3O4. The number of carbonyl (C=O) groups excluding carboxylic acids is 1. The van der Waals surface area contributed by atoms with Crippen LogP contribution in [0.3, 0.4) is 0 Å². The van der Waals surface area contributed by atoms with Crippen molar-refractivity contribution in [2.45, 2.75) is 19.4 Å². The third-order valence-electron chi connectivity index (χ3n) is 5.87. The number of rotatable bonds is 9. The summed E-state index contributed by atoms with van der Waals surface area (Å²) in [5.74, 6) is 0.738. The number of aromatic carboxylic acids is 1. The first-order valence-electron chi connectivity index (χ1n) is 11.5. The van der Waals surface area contributed by atoms with Crippen LogP contribution >= 0.6 is 0 Å². The highest BCUT2D eigenvalue weighted by atomic mass is 16.5. The third kappa shape index (κ3) is 6.66. The number of Topliss-reactive ketones (excluding diaryl/α,β-unsaturated/α-hetero) is 1. The Hall–Kier alpha value is -3.68. The first-order valence-corrected chi connectivity index (χ1v) is 11.5. The lowest BCUT2D eigenvalue weighted by Gasteiger charge is -2.21. The molecule has 0 saturated carbocycles. The Kier molecular flexibility index (Phi) is 7.91. The summed E-state index contributed by atoms with van der Waals surface area (Å²) in [7, 11) is 0. The zero-order valence-corrected chi connectivity index (χ0v) is 18.9. The van der Waals surface area contributed by atoms with Gasteiger partial charge in [-0.05, 0) is 66.9 Å². The van der Waals surface area contributed by atoms with E-state index in [4.69, 9.17) is 9.84 Å². The predicted octanol–water partition coefficient (Wildman–Crippen LogP) is 4.57. The van der Waals surface area contributed by atoms with Gasteiger partial charge in [0.2, 0.25) is 0 Å². The van der Waals surface area contributed by atoms with Gasteiger partial charge in [-0.3, -0.25) is 10.2 Å². The lowest BCUT2D eigenvalue weighted by Crippen LogP contribution is -2.40. The van der Waals surface area contributed by atoms with Gasteiger partial charge in [0.15, 0.2) is 5.78 Å². The van der Waals surface area contributed by atoms with Crippen molar-refractivity contribution in [2.24, 2.45) is 5.92 Å². The number of ether oxygens (including phenoxy) is 1. The fraction of sp³-hybridized carbons (Fsp3) is 0.259. The Morgan fingerprint density at radius 1 is 0.971 bits per heavy atom. The second-order valence-electron chi connectivity index (χ2n) is 8.38. The predicted molar refractivity (Wildman–Crippen MR) is 131 cm³/mol. The van der Waals surface area contributed by atoms with E-state index < -0.39 is 5.97 Å². The molecule has 1 unspecified atom stereocenters. The summed E-state index contributed by atoms with van der Waals surface area (Å²) in [4.78, 5) is 23.8. The van der Waals surface area contributed by atoms with Gasteiger partial charge >= 0.3 is 5.97 Å². The molecule has 0 aliphatic carbocycles. The zero-order chi connectivity index (χ0) is 23.8. The Morgan fingerprint density at radius 3 is 2.38 bits per heavy atom. The van der Waals surface area contributed by atoms with E-state index in [1.807, 2.05) is 66.7 Å². The number of hydrogen-bond donors (Lipinski definition) is 3. The standard InChI is InChI=1S/C27H29N3O4/c31-26(18-28-23-12-14-25(15-13-23)34-24-6-2-1-3-7-24)22-5-4-16-30(29-17-22)19-20-8-10-21(11-9-20)27(32)33/h1-3,6-15,22,28-29H,4-5,16-19H2,(H,32,33). The second kappa shape index (κ2) is 11.4. The molecule has 3 aromatic carbocycles. The van der Waals surface area contributed by atoms with Gasteiger partial charge in [0.05, 0.1) is 12.1 Å². The molecule has 0 radical (unpaired) electrons. The molecular weight excluding hydrogens is 430 g/mol. The average molecular weight is 460 g/mol. The van der Waals surface area contributed by atoms with Crippen LogP contribution in [0.1, 0.15) is 28.8 Å². The van der Waals surface area contributed by atoms with Crippen molar-refractivity contribution in [3.8, 4) is 11.5 Å². The van der Waals surface area contributed by atoms with E-state index in [9.17, 15) is 9.59 Å². The lowest BCUT2D eigenvalue weighted by molar-refractivity contribution is -0.121. The zero-order valence-electron chi connectivity index (χ0n) is 18.9. The van der Waals surface area contributed by atoms with Gasteiger partial charge < -0.3 is 15.2 Å². The average Bonchev–Trinajstić information content (AvgIpc) is 3.10. The molecule has 1 saturated heterocycles. The van der Waals surface area contributed by atoms with E-state index in [0.717, 1.165) is 42.1 Å². The quantitative estimate of drug-likeness (QED) is 0.432. The number of carboxylic acid groups (broad SMARTS) is 1. The number of para-hydroxylation sites is 1. The molecule has 4 rings (SSSR count). The first-order chi connectivity index (χ1) is 16.6. The summed E-state index contributed by atoms with van der Waals surface area (Å²) in [5.41, 5.74) is 5.57. The van der Waals surface area contributed by atoms with E-state index in [2.05, 4.69) is 15.8 Å². The molecule has 1 atom stereocenters. The first kappa shape index (κ1) is 23.5. The van der Waals surface area contributed by atoms with Crippen molar-refractivity contribution < 1.29 is 19.4 Å². The summed E-state index contributed by atoms with van der Waals surface area (Å²) >= 11 is 0. The maximum atomic E-state index is 12.8. The van der Waals surface area contributed by atoms with Gasteiger partial charge in [0, 0.05) is 31.2 Å². The minimum Gasteiger partial charge on any atom is -0.478 e. The molecule has 1 aliphatic rings. The summed E-state index contributed by atoms with van der Waals surface area (Å²) in [6, 6.07) is 24.1. The molecule has 3 aromatic rings. The van der Waals surface area contributed by atoms with Gasteiger partial charge in [-0.15, -0.1) is 0 Å². The van der Waals surface area contributed by atoms with Crippen LogP contribution in [-0.2, 0) is 11.3 Å². The topological polar surface area (TPSA) is 90.9 Å². The molecule has 3 N–H and O–H groups in total. The molecule has 7 nitrogen and oxygen atoms in total. The van der Waals surface area contributed by atoms with Crippen molar-refractivity contribution in [3.05, 3.63) is 90.0 Å². The highest BCUT2D eigenvalue weighted by Gasteiger charge is 2.22. The Balaban J connectivity index is 1.22. The fourth-order valence-corrected chi connectivity index (χ4v) is 3.93. The Labute approximate surface area is 199 Å². The summed E-state index contributed by atoms with van der Waals surface area (Å²) in [5, 5.41) is 14.4. The molecule has 1 aliphatic heterocycles. The fourth-order valence-electron chi connectivity index (χ4n) is 3.93. The molecule has 0 spiro atoms. The van der Waals surface area contributed by atoms with Crippen LogP contribution in [-0.4, -0.2) is 41.5 Å². The van der Waals surface area contributed by atoms with Gasteiger partial charge in [-0.2, -0.15) is 0 Å². The second-order valence-corrected chi connectivity index (χ2v) is 8.38. The van der Waals surface area contributed by atoms with Crippen LogP contribution in [0.15, 0.2) is 78.9 Å². The highest BCUT2D eigenvalue weighted by molar-refractivity contribution is 5.87. The van der Waals surface area contributed by atoms with Crippen molar-refractivity contribution in [1.82, 2.24) is 10.4 Å². The summed E-state index contributed by atoms with van der Waals surface area (Å²) < 4.78 is 5.80. The number of benzene rings is 3. The number of anilines is 1. The van der Waals surface area contributed by atoms with Gasteiger partial charge in [-0.25, -0.2) is 9.80 Å². The number of hydrogen-bond acceptors (Lipinski definition) is 6. The van der Waals surface area contributed by atoms with Crippen LogP contribution in [0, 0.1) is 5.92 Å². The maximum absolute atomic E-state index is 12.8. The number of hydrazine groups is 1. The smallest absolute Gasteiger partial charge is 0.335 e. The van der Waals surface area contributed by atoms with Crippen molar-refractivity contribution in [2.75, 3.05) is 25.0 Å². The molecule has 1 fully saturated rings. The number of nitrogens with zero attached hydrogens (tertiary/aromatic N) is 1. The highest BCUT2D eigenvalue weighted by Crippen LogP contribution is 2.23. The molecule has 34 heavy (non-hydrogen) atoms. The number of carboxylic acids is 1. The Morgan fingerprint density at radius 2 is 1.68 bits per heavy atom. The lowest BCUT2D eigenvalue weighted by atomic mass is 9.98. The van der Waals surface area contributed by atoms with E-state index >= 15 is 0 Å². The van der Waals surface area contributed by atoms with E-state index in [-0.39, 0.29) is 23.8 Å². The van der Waals surface area contributed by atoms with Crippen LogP contribution < -0.4 is 15.5 Å². The van der Waals surface area contributed by atoms with Crippen LogP contribution in [0.4, 0.5) is 5.69 Å². The van der Waals surface area contributed by atoms with Crippen molar-refractivity contribution in [1.29, 1.82) is 0 Å². The van der Waals surface area contributed by atoms with Crippen LogP contribution in [0.25, 0.3) is 0 Å². The van der Waals surface area contributed by atoms with Gasteiger partial charge in [0.1, 0.15) is 11.5 Å². The van der Waals surface area contributed by atoms with Crippen LogP contribution in [0.5, 0.6) is 11.5 Å². The van der Waals surface area contributed by atoms with E-state index in [1.54, 1.807) is 12.1 Å². The normalized spacial score (nSPS) is 16.4. The van der Waals surface area contributed by atoms with Crippen molar-refractivity contribution >= 4 is 17.4 Å². The van der Waals surface area contributed by atoms with E-state index in [0.29, 0.717) is 13.1 Å².